The topological polar surface area (TPSA) is 151 Å². The zero-order chi connectivity index (χ0) is 37.4. The van der Waals surface area contributed by atoms with Gasteiger partial charge in [-0.1, -0.05) is 54.1 Å². The number of benzene rings is 2. The van der Waals surface area contributed by atoms with Gasteiger partial charge in [-0.25, -0.2) is 9.97 Å². The number of aliphatic hydroxyl groups is 1. The molecule has 52 heavy (non-hydrogen) atoms. The van der Waals surface area contributed by atoms with Gasteiger partial charge in [0.25, 0.3) is 0 Å². The molecule has 0 aliphatic heterocycles. The van der Waals surface area contributed by atoms with E-state index >= 15 is 0 Å². The summed E-state index contributed by atoms with van der Waals surface area (Å²) in [4.78, 5) is 24.0. The van der Waals surface area contributed by atoms with E-state index < -0.39 is 41.3 Å². The van der Waals surface area contributed by atoms with Crippen LogP contribution in [0.25, 0.3) is 22.4 Å². The Morgan fingerprint density at radius 3 is 2.37 bits per heavy atom. The van der Waals surface area contributed by atoms with Crippen LogP contribution in [0.4, 0.5) is 19.0 Å². The first-order valence-corrected chi connectivity index (χ1v) is 17.2. The zero-order valence-electron chi connectivity index (χ0n) is 29.1. The van der Waals surface area contributed by atoms with Gasteiger partial charge >= 0.3 is 12.1 Å². The lowest BCUT2D eigenvalue weighted by Crippen LogP contribution is -2.51. The van der Waals surface area contributed by atoms with Crippen LogP contribution in [0, 0.1) is 0 Å². The van der Waals surface area contributed by atoms with Crippen LogP contribution in [-0.4, -0.2) is 63.0 Å². The number of pyridine rings is 1. The van der Waals surface area contributed by atoms with Crippen LogP contribution < -0.4 is 25.4 Å². The number of alkyl halides is 3. The molecule has 2 aliphatic rings. The summed E-state index contributed by atoms with van der Waals surface area (Å²) in [5.41, 5.74) is 3.52. The van der Waals surface area contributed by atoms with Crippen LogP contribution in [0.15, 0.2) is 48.5 Å². The second-order valence-corrected chi connectivity index (χ2v) is 13.8. The molecule has 2 atom stereocenters. The summed E-state index contributed by atoms with van der Waals surface area (Å²) >= 11 is 7.09. The van der Waals surface area contributed by atoms with E-state index in [1.165, 1.54) is 14.0 Å². The van der Waals surface area contributed by atoms with Gasteiger partial charge in [0.05, 0.1) is 36.6 Å². The number of carboxylic acid groups (broad SMARTS) is 1. The number of aliphatic carboxylic acids is 1. The minimum absolute atomic E-state index is 0.154. The molecule has 15 heteroatoms. The molecule has 2 aliphatic carbocycles. The lowest BCUT2D eigenvalue weighted by Gasteiger charge is -2.41. The number of aromatic nitrogens is 3. The van der Waals surface area contributed by atoms with Gasteiger partial charge < -0.3 is 30.3 Å². The highest BCUT2D eigenvalue weighted by Crippen LogP contribution is 2.45. The maximum Gasteiger partial charge on any atom is 0.437 e. The van der Waals surface area contributed by atoms with Crippen molar-refractivity contribution < 1.29 is 37.7 Å². The molecule has 0 bridgehead atoms. The minimum atomic E-state index is -4.85. The van der Waals surface area contributed by atoms with E-state index in [0.29, 0.717) is 54.4 Å². The number of nitrogens with zero attached hydrogens (tertiary/aromatic N) is 3. The van der Waals surface area contributed by atoms with Crippen molar-refractivity contribution >= 4 is 23.4 Å². The standard InChI is InChI=1S/C37H40ClF3N6O5/c1-19(35(48)49)42-18-29-34(52-4)47-32(31(44-29)37(39,40)41)45-27-14-12-23-22(7-5-8-24(23)27)25-9-6-10-26(30(25)38)28-13-11-20(33(46-28)51-3)17-43-21-15-36(2,50)16-21/h5-11,13,19,21,27,42-43,50H,12,14-18H2,1-4H3,(H,45,47)(H,48,49)/t19-,21-,27-,36-/m0/s1. The number of carboxylic acids is 1. The van der Waals surface area contributed by atoms with Crippen LogP contribution in [-0.2, 0) is 30.5 Å². The first-order valence-electron chi connectivity index (χ1n) is 16.8. The Bertz CT molecular complexity index is 1970. The normalized spacial score (nSPS) is 20.2. The average molecular weight is 741 g/mol. The summed E-state index contributed by atoms with van der Waals surface area (Å²) in [7, 11) is 2.83. The largest absolute Gasteiger partial charge is 0.481 e. The number of hydrogen-bond acceptors (Lipinski definition) is 10. The Labute approximate surface area is 304 Å². The average Bonchev–Trinajstić information content (AvgIpc) is 3.51. The molecule has 1 fully saturated rings. The van der Waals surface area contributed by atoms with Gasteiger partial charge in [-0.2, -0.15) is 18.2 Å². The first kappa shape index (κ1) is 37.3. The minimum Gasteiger partial charge on any atom is -0.481 e. The number of hydrogen-bond donors (Lipinski definition) is 5. The van der Waals surface area contributed by atoms with Gasteiger partial charge in [-0.15, -0.1) is 0 Å². The molecule has 2 heterocycles. The number of rotatable bonds is 13. The molecule has 6 rings (SSSR count). The third-order valence-electron chi connectivity index (χ3n) is 9.57. The van der Waals surface area contributed by atoms with Gasteiger partial charge in [-0.3, -0.25) is 10.1 Å². The maximum absolute atomic E-state index is 14.3. The predicted octanol–water partition coefficient (Wildman–Crippen LogP) is 6.56. The van der Waals surface area contributed by atoms with Gasteiger partial charge in [0.2, 0.25) is 11.8 Å². The highest BCUT2D eigenvalue weighted by molar-refractivity contribution is 6.36. The van der Waals surface area contributed by atoms with Crippen molar-refractivity contribution in [3.63, 3.8) is 0 Å². The Morgan fingerprint density at radius 2 is 1.69 bits per heavy atom. The van der Waals surface area contributed by atoms with Crippen molar-refractivity contribution in [3.8, 4) is 34.1 Å². The highest BCUT2D eigenvalue weighted by atomic mass is 35.5. The van der Waals surface area contributed by atoms with E-state index in [-0.39, 0.29) is 24.2 Å². The van der Waals surface area contributed by atoms with Crippen LogP contribution in [0.2, 0.25) is 5.02 Å². The number of fused-ring (bicyclic) bond motifs is 1. The van der Waals surface area contributed by atoms with E-state index in [1.54, 1.807) is 7.11 Å². The fourth-order valence-corrected chi connectivity index (χ4v) is 7.18. The Hall–Kier alpha value is -4.50. The van der Waals surface area contributed by atoms with E-state index in [2.05, 4.69) is 25.9 Å². The first-order chi connectivity index (χ1) is 24.7. The van der Waals surface area contributed by atoms with Crippen LogP contribution in [0.5, 0.6) is 11.8 Å². The van der Waals surface area contributed by atoms with E-state index in [1.807, 2.05) is 55.5 Å². The summed E-state index contributed by atoms with van der Waals surface area (Å²) in [6.45, 7) is 3.44. The lowest BCUT2D eigenvalue weighted by molar-refractivity contribution is -0.141. The number of nitrogens with one attached hydrogen (secondary N) is 3. The second-order valence-electron chi connectivity index (χ2n) is 13.4. The number of ether oxygens (including phenoxy) is 2. The van der Waals surface area contributed by atoms with Crippen molar-refractivity contribution in [2.45, 2.75) is 82.5 Å². The summed E-state index contributed by atoms with van der Waals surface area (Å²) in [6.07, 6.45) is -2.44. The maximum atomic E-state index is 14.3. The molecular formula is C37H40ClF3N6O5. The van der Waals surface area contributed by atoms with Gasteiger partial charge in [0.1, 0.15) is 11.7 Å². The molecule has 1 saturated carbocycles. The van der Waals surface area contributed by atoms with Crippen LogP contribution in [0.3, 0.4) is 0 Å². The van der Waals surface area contributed by atoms with Crippen LogP contribution >= 0.6 is 11.6 Å². The highest BCUT2D eigenvalue weighted by Gasteiger charge is 2.40. The number of anilines is 1. The monoisotopic (exact) mass is 740 g/mol. The van der Waals surface area contributed by atoms with Crippen molar-refractivity contribution in [2.75, 3.05) is 19.5 Å². The number of halogens is 4. The molecule has 2 aromatic heterocycles. The third-order valence-corrected chi connectivity index (χ3v) is 9.98. The number of carbonyl (C=O) groups is 1. The molecule has 0 amide bonds. The molecule has 5 N–H and O–H groups in total. The molecule has 11 nitrogen and oxygen atoms in total. The molecule has 0 radical (unpaired) electrons. The van der Waals surface area contributed by atoms with Crippen LogP contribution in [0.1, 0.15) is 67.2 Å². The predicted molar refractivity (Wildman–Crippen MR) is 189 cm³/mol. The van der Waals surface area contributed by atoms with Crippen molar-refractivity contribution in [3.05, 3.63) is 81.6 Å². The summed E-state index contributed by atoms with van der Waals surface area (Å²) < 4.78 is 53.8. The molecule has 2 aromatic carbocycles. The molecule has 276 valence electrons. The van der Waals surface area contributed by atoms with Gasteiger partial charge in [0.15, 0.2) is 11.5 Å². The molecular weight excluding hydrogens is 701 g/mol. The van der Waals surface area contributed by atoms with Crippen molar-refractivity contribution in [2.24, 2.45) is 0 Å². The third kappa shape index (κ3) is 7.80. The summed E-state index contributed by atoms with van der Waals surface area (Å²) in [5.74, 6) is -1.34. The Kier molecular flexibility index (Phi) is 10.6. The molecule has 0 unspecified atom stereocenters. The van der Waals surface area contributed by atoms with Gasteiger partial charge in [-0.05, 0) is 62.3 Å². The zero-order valence-corrected chi connectivity index (χ0v) is 29.8. The fraction of sp³-hybridized carbons (Fsp3) is 0.405. The molecule has 4 aromatic rings. The summed E-state index contributed by atoms with van der Waals surface area (Å²) in [5, 5.41) is 28.7. The fourth-order valence-electron chi connectivity index (χ4n) is 6.86. The van der Waals surface area contributed by atoms with E-state index in [9.17, 15) is 23.1 Å². The van der Waals surface area contributed by atoms with Gasteiger partial charge in [0, 0.05) is 35.8 Å². The van der Waals surface area contributed by atoms with E-state index in [0.717, 1.165) is 27.8 Å². The van der Waals surface area contributed by atoms with Crippen molar-refractivity contribution in [1.82, 2.24) is 25.6 Å². The van der Waals surface area contributed by atoms with Crippen molar-refractivity contribution in [1.29, 1.82) is 0 Å². The summed E-state index contributed by atoms with van der Waals surface area (Å²) in [6, 6.07) is 13.8. The Morgan fingerprint density at radius 1 is 1.00 bits per heavy atom. The SMILES string of the molecule is COc1nc(-c2cccc(-c3cccc4c3CC[C@@H]4Nc3nc(OC)c(CN[C@@H](C)C(=O)O)nc3C(F)(F)F)c2Cl)ccc1CN[C@H]1C[C@](C)(O)C1. The Balaban J connectivity index is 1.26. The quantitative estimate of drug-likeness (QED) is 0.101. The molecule has 0 spiro atoms. The smallest absolute Gasteiger partial charge is 0.437 e. The lowest BCUT2D eigenvalue weighted by atomic mass is 9.77. The molecule has 0 saturated heterocycles. The number of methoxy groups -OCH3 is 2. The second kappa shape index (κ2) is 14.9. The van der Waals surface area contributed by atoms with E-state index in [4.69, 9.17) is 31.2 Å².